The molecule has 1 saturated heterocycles. The largest absolute Gasteiger partial charge is 0.337 e. The molecule has 1 fully saturated rings. The molecule has 1 aromatic carbocycles. The molecular formula is C19H27N3O2. The van der Waals surface area contributed by atoms with E-state index in [0.29, 0.717) is 25.9 Å². The highest BCUT2D eigenvalue weighted by Gasteiger charge is 2.37. The minimum absolute atomic E-state index is 0.0857. The molecule has 1 N–H and O–H groups in total. The van der Waals surface area contributed by atoms with Crippen LogP contribution < -0.4 is 5.32 Å². The van der Waals surface area contributed by atoms with Gasteiger partial charge in [-0.05, 0) is 57.2 Å². The molecule has 1 unspecified atom stereocenters. The predicted octanol–water partition coefficient (Wildman–Crippen LogP) is 2.75. The van der Waals surface area contributed by atoms with Gasteiger partial charge in [-0.15, -0.1) is 0 Å². The second kappa shape index (κ2) is 7.33. The molecular weight excluding hydrogens is 302 g/mol. The molecule has 24 heavy (non-hydrogen) atoms. The number of hydrogen-bond acceptors (Lipinski definition) is 4. The van der Waals surface area contributed by atoms with Gasteiger partial charge >= 0.3 is 0 Å². The molecule has 0 radical (unpaired) electrons. The number of rotatable bonds is 4. The lowest BCUT2D eigenvalue weighted by molar-refractivity contribution is -0.151. The maximum atomic E-state index is 12.8. The molecule has 5 nitrogen and oxygen atoms in total. The fourth-order valence-corrected chi connectivity index (χ4v) is 3.66. The van der Waals surface area contributed by atoms with Crippen molar-refractivity contribution in [1.82, 2.24) is 10.4 Å². The maximum absolute atomic E-state index is 12.8. The molecule has 5 heteroatoms. The van der Waals surface area contributed by atoms with Crippen molar-refractivity contribution >= 4 is 5.91 Å². The van der Waals surface area contributed by atoms with Crippen molar-refractivity contribution in [3.63, 3.8) is 0 Å². The summed E-state index contributed by atoms with van der Waals surface area (Å²) in [6.07, 6.45) is 1.14. The number of amides is 1. The summed E-state index contributed by atoms with van der Waals surface area (Å²) in [6.45, 7) is 9.33. The van der Waals surface area contributed by atoms with E-state index < -0.39 is 5.54 Å². The van der Waals surface area contributed by atoms with Crippen molar-refractivity contribution in [3.8, 4) is 6.07 Å². The van der Waals surface area contributed by atoms with Crippen LogP contribution in [0.1, 0.15) is 47.9 Å². The Kier molecular flexibility index (Phi) is 5.63. The highest BCUT2D eigenvalue weighted by Crippen LogP contribution is 2.28. The summed E-state index contributed by atoms with van der Waals surface area (Å²) in [4.78, 5) is 18.0. The molecule has 0 spiro atoms. The molecule has 1 aliphatic rings. The number of carbonyl (C=O) groups is 1. The fraction of sp³-hybridized carbons (Fsp3) is 0.579. The standard InChI is InChI=1S/C19H27N3O2/c1-13-10-14(2)17(15(3)11-13)16(4)18(23)21-19(12-20)6-8-22(24-5)9-7-19/h10-11,16H,6-9H2,1-5H3,(H,21,23). The molecule has 130 valence electrons. The SMILES string of the molecule is CON1CCC(C#N)(NC(=O)C(C)c2c(C)cc(C)cc2C)CC1. The van der Waals surface area contributed by atoms with Gasteiger partial charge in [0.1, 0.15) is 5.54 Å². The Bertz CT molecular complexity index is 632. The van der Waals surface area contributed by atoms with Gasteiger partial charge in [0.15, 0.2) is 0 Å². The third-order valence-electron chi connectivity index (χ3n) is 4.97. The second-order valence-electron chi connectivity index (χ2n) is 6.83. The molecule has 0 saturated carbocycles. The molecule has 0 aromatic heterocycles. The Hall–Kier alpha value is -1.90. The number of aryl methyl sites for hydroxylation is 3. The smallest absolute Gasteiger partial charge is 0.228 e. The van der Waals surface area contributed by atoms with Gasteiger partial charge in [0.2, 0.25) is 5.91 Å². The van der Waals surface area contributed by atoms with Crippen LogP contribution in [0.15, 0.2) is 12.1 Å². The van der Waals surface area contributed by atoms with Crippen LogP contribution >= 0.6 is 0 Å². The maximum Gasteiger partial charge on any atom is 0.228 e. The molecule has 0 aliphatic carbocycles. The van der Waals surface area contributed by atoms with Crippen LogP contribution in [0, 0.1) is 32.1 Å². The monoisotopic (exact) mass is 329 g/mol. The summed E-state index contributed by atoms with van der Waals surface area (Å²) in [6, 6.07) is 6.52. The number of hydroxylamine groups is 2. The quantitative estimate of drug-likeness (QED) is 0.922. The third kappa shape index (κ3) is 3.77. The van der Waals surface area contributed by atoms with E-state index in [9.17, 15) is 10.1 Å². The van der Waals surface area contributed by atoms with E-state index in [0.717, 1.165) is 16.7 Å². The molecule has 1 amide bonds. The first-order valence-corrected chi connectivity index (χ1v) is 8.42. The molecule has 1 atom stereocenters. The third-order valence-corrected chi connectivity index (χ3v) is 4.97. The molecule has 1 aromatic rings. The summed E-state index contributed by atoms with van der Waals surface area (Å²) < 4.78 is 0. The van der Waals surface area contributed by atoms with Crippen LogP contribution in [-0.2, 0) is 9.63 Å². The normalized spacial score (nSPS) is 18.7. The Labute approximate surface area is 144 Å². The van der Waals surface area contributed by atoms with E-state index in [2.05, 4.69) is 30.4 Å². The van der Waals surface area contributed by atoms with Crippen molar-refractivity contribution in [2.24, 2.45) is 0 Å². The Morgan fingerprint density at radius 2 is 1.83 bits per heavy atom. The minimum Gasteiger partial charge on any atom is -0.337 e. The summed E-state index contributed by atoms with van der Waals surface area (Å²) in [5.74, 6) is -0.367. The van der Waals surface area contributed by atoms with Crippen LogP contribution in [0.5, 0.6) is 0 Å². The second-order valence-corrected chi connectivity index (χ2v) is 6.83. The summed E-state index contributed by atoms with van der Waals surface area (Å²) in [5, 5.41) is 14.5. The zero-order valence-corrected chi connectivity index (χ0v) is 15.3. The Morgan fingerprint density at radius 3 is 2.29 bits per heavy atom. The topological polar surface area (TPSA) is 65.4 Å². The average Bonchev–Trinajstić information content (AvgIpc) is 2.54. The number of piperidine rings is 1. The number of nitrogens with zero attached hydrogens (tertiary/aromatic N) is 2. The van der Waals surface area contributed by atoms with Gasteiger partial charge in [0, 0.05) is 13.1 Å². The lowest BCUT2D eigenvalue weighted by Gasteiger charge is -2.37. The number of hydrogen-bond donors (Lipinski definition) is 1. The van der Waals surface area contributed by atoms with Gasteiger partial charge in [-0.1, -0.05) is 17.7 Å². The van der Waals surface area contributed by atoms with Gasteiger partial charge in [0.25, 0.3) is 0 Å². The summed E-state index contributed by atoms with van der Waals surface area (Å²) in [7, 11) is 1.63. The zero-order chi connectivity index (χ0) is 17.9. The van der Waals surface area contributed by atoms with Gasteiger partial charge in [-0.25, -0.2) is 0 Å². The fourth-order valence-electron chi connectivity index (χ4n) is 3.66. The Balaban J connectivity index is 2.16. The Morgan fingerprint density at radius 1 is 1.29 bits per heavy atom. The first-order chi connectivity index (χ1) is 11.3. The lowest BCUT2D eigenvalue weighted by Crippen LogP contribution is -2.55. The average molecular weight is 329 g/mol. The van der Waals surface area contributed by atoms with Gasteiger partial charge in [-0.2, -0.15) is 10.3 Å². The van der Waals surface area contributed by atoms with Crippen molar-refractivity contribution < 1.29 is 9.63 Å². The van der Waals surface area contributed by atoms with E-state index in [1.54, 1.807) is 7.11 Å². The van der Waals surface area contributed by atoms with Crippen molar-refractivity contribution in [3.05, 3.63) is 34.4 Å². The van der Waals surface area contributed by atoms with Gasteiger partial charge in [-0.3, -0.25) is 4.79 Å². The van der Waals surface area contributed by atoms with Crippen molar-refractivity contribution in [2.75, 3.05) is 20.2 Å². The number of nitrogens with one attached hydrogen (secondary N) is 1. The van der Waals surface area contributed by atoms with E-state index in [1.807, 2.05) is 25.8 Å². The van der Waals surface area contributed by atoms with E-state index in [-0.39, 0.29) is 11.8 Å². The van der Waals surface area contributed by atoms with Crippen LogP contribution in [0.3, 0.4) is 0 Å². The summed E-state index contributed by atoms with van der Waals surface area (Å²) >= 11 is 0. The molecule has 1 heterocycles. The van der Waals surface area contributed by atoms with E-state index >= 15 is 0 Å². The van der Waals surface area contributed by atoms with Gasteiger partial charge < -0.3 is 10.2 Å². The number of benzene rings is 1. The highest BCUT2D eigenvalue weighted by molar-refractivity contribution is 5.85. The van der Waals surface area contributed by atoms with Crippen molar-refractivity contribution in [1.29, 1.82) is 5.26 Å². The number of carbonyl (C=O) groups excluding carboxylic acids is 1. The summed E-state index contributed by atoms with van der Waals surface area (Å²) in [5.41, 5.74) is 3.69. The lowest BCUT2D eigenvalue weighted by atomic mass is 9.86. The van der Waals surface area contributed by atoms with Crippen molar-refractivity contribution in [2.45, 2.75) is 52.0 Å². The molecule has 2 rings (SSSR count). The number of nitriles is 1. The predicted molar refractivity (Wildman–Crippen MR) is 93.4 cm³/mol. The van der Waals surface area contributed by atoms with Crippen LogP contribution in [-0.4, -0.2) is 36.7 Å². The first-order valence-electron chi connectivity index (χ1n) is 8.42. The van der Waals surface area contributed by atoms with Crippen LogP contribution in [0.25, 0.3) is 0 Å². The zero-order valence-electron chi connectivity index (χ0n) is 15.3. The minimum atomic E-state index is -0.799. The highest BCUT2D eigenvalue weighted by atomic mass is 16.7. The van der Waals surface area contributed by atoms with Crippen LogP contribution in [0.2, 0.25) is 0 Å². The molecule has 0 bridgehead atoms. The first kappa shape index (κ1) is 18.4. The molecule has 1 aliphatic heterocycles. The van der Waals surface area contributed by atoms with E-state index in [4.69, 9.17) is 4.84 Å². The van der Waals surface area contributed by atoms with E-state index in [1.165, 1.54) is 5.56 Å². The van der Waals surface area contributed by atoms with Crippen LogP contribution in [0.4, 0.5) is 0 Å². The van der Waals surface area contributed by atoms with Gasteiger partial charge in [0.05, 0.1) is 19.1 Å².